The van der Waals surface area contributed by atoms with Crippen molar-refractivity contribution in [3.63, 3.8) is 0 Å². The van der Waals surface area contributed by atoms with E-state index in [4.69, 9.17) is 4.74 Å². The molecule has 0 spiro atoms. The van der Waals surface area contributed by atoms with Crippen LogP contribution in [0.3, 0.4) is 0 Å². The molecule has 144 valence electrons. The number of nitrogens with zero attached hydrogens (tertiary/aromatic N) is 3. The summed E-state index contributed by atoms with van der Waals surface area (Å²) < 4.78 is 7.09. The molecule has 1 aromatic heterocycles. The Morgan fingerprint density at radius 3 is 2.64 bits per heavy atom. The first-order valence-corrected chi connectivity index (χ1v) is 9.84. The van der Waals surface area contributed by atoms with Crippen LogP contribution in [0, 0.1) is 6.92 Å². The first kappa shape index (κ1) is 18.4. The second-order valence-electron chi connectivity index (χ2n) is 6.49. The maximum Gasteiger partial charge on any atom is 0.236 e. The van der Waals surface area contributed by atoms with Gasteiger partial charge in [0, 0.05) is 6.54 Å². The third-order valence-corrected chi connectivity index (χ3v) is 5.86. The monoisotopic (exact) mass is 395 g/mol. The maximum absolute atomic E-state index is 13.0. The lowest BCUT2D eigenvalue weighted by atomic mass is 10.0. The van der Waals surface area contributed by atoms with Crippen LogP contribution >= 0.6 is 11.8 Å². The number of nitrogens with one attached hydrogen (secondary N) is 2. The zero-order chi connectivity index (χ0) is 19.5. The van der Waals surface area contributed by atoms with Gasteiger partial charge in [-0.2, -0.15) is 0 Å². The number of carbonyl (C=O) groups excluding carboxylic acids is 1. The number of methoxy groups -OCH3 is 1. The van der Waals surface area contributed by atoms with Crippen molar-refractivity contribution in [1.29, 1.82) is 0 Å². The average Bonchev–Trinajstić information content (AvgIpc) is 3.12. The highest BCUT2D eigenvalue weighted by Gasteiger charge is 2.37. The molecule has 8 heteroatoms. The molecule has 28 heavy (non-hydrogen) atoms. The first-order valence-electron chi connectivity index (χ1n) is 8.96. The van der Waals surface area contributed by atoms with Gasteiger partial charge in [0.2, 0.25) is 11.1 Å². The van der Waals surface area contributed by atoms with E-state index in [9.17, 15) is 4.79 Å². The molecule has 3 aromatic rings. The van der Waals surface area contributed by atoms with E-state index in [0.717, 1.165) is 22.7 Å². The van der Waals surface area contributed by atoms with Gasteiger partial charge in [0.15, 0.2) is 0 Å². The molecule has 2 unspecified atom stereocenters. The summed E-state index contributed by atoms with van der Waals surface area (Å²) in [5.41, 5.74) is 5.45. The third kappa shape index (κ3) is 3.68. The second kappa shape index (κ2) is 7.93. The number of aryl methyl sites for hydroxylation is 1. The maximum atomic E-state index is 13.0. The lowest BCUT2D eigenvalue weighted by molar-refractivity contribution is -0.121. The summed E-state index contributed by atoms with van der Waals surface area (Å²) in [4.78, 5) is 13.0. The quantitative estimate of drug-likeness (QED) is 0.691. The van der Waals surface area contributed by atoms with Crippen LogP contribution in [0.2, 0.25) is 0 Å². The molecular formula is C20H21N5O2S. The molecule has 0 saturated heterocycles. The van der Waals surface area contributed by atoms with Crippen molar-refractivity contribution in [2.24, 2.45) is 0 Å². The van der Waals surface area contributed by atoms with Gasteiger partial charge >= 0.3 is 0 Å². The molecule has 1 aliphatic rings. The number of aromatic nitrogens is 3. The fourth-order valence-corrected chi connectivity index (χ4v) is 4.26. The Labute approximate surface area is 167 Å². The van der Waals surface area contributed by atoms with E-state index in [-0.39, 0.29) is 17.2 Å². The summed E-state index contributed by atoms with van der Waals surface area (Å²) in [6.45, 7) is 2.36. The Kier molecular flexibility index (Phi) is 5.21. The topological polar surface area (TPSA) is 81.1 Å². The molecule has 0 radical (unpaired) electrons. The molecule has 4 rings (SSSR count). The number of rotatable bonds is 5. The number of hydrogen-bond donors (Lipinski definition) is 2. The van der Waals surface area contributed by atoms with Gasteiger partial charge in [0.25, 0.3) is 0 Å². The highest BCUT2D eigenvalue weighted by Crippen LogP contribution is 2.37. The first-order chi connectivity index (χ1) is 13.7. The van der Waals surface area contributed by atoms with Gasteiger partial charge in [0.05, 0.1) is 13.2 Å². The van der Waals surface area contributed by atoms with Crippen LogP contribution in [0.15, 0.2) is 59.8 Å². The summed E-state index contributed by atoms with van der Waals surface area (Å²) in [5, 5.41) is 11.6. The Bertz CT molecular complexity index is 958. The SMILES string of the molecule is COc1ccc(C2Nn3c(C)nnc3SC2C(=O)NCc2ccccc2)cc1. The number of amides is 1. The number of hydrogen-bond acceptors (Lipinski definition) is 6. The number of ether oxygens (including phenoxy) is 1. The van der Waals surface area contributed by atoms with Crippen molar-refractivity contribution in [3.8, 4) is 5.75 Å². The lowest BCUT2D eigenvalue weighted by Gasteiger charge is -2.32. The standard InChI is InChI=1S/C20H21N5O2S/c1-13-22-23-20-25(13)24-17(15-8-10-16(27-2)11-9-15)18(28-20)19(26)21-12-14-6-4-3-5-7-14/h3-11,17-18,24H,12H2,1-2H3,(H,21,26). The van der Waals surface area contributed by atoms with E-state index in [1.165, 1.54) is 11.8 Å². The normalized spacial score (nSPS) is 18.1. The predicted octanol–water partition coefficient (Wildman–Crippen LogP) is 2.67. The number of fused-ring (bicyclic) bond motifs is 1. The largest absolute Gasteiger partial charge is 0.497 e. The molecule has 0 fully saturated rings. The van der Waals surface area contributed by atoms with Gasteiger partial charge in [-0.15, -0.1) is 10.2 Å². The highest BCUT2D eigenvalue weighted by molar-refractivity contribution is 8.00. The highest BCUT2D eigenvalue weighted by atomic mass is 32.2. The average molecular weight is 395 g/mol. The van der Waals surface area contributed by atoms with E-state index in [1.54, 1.807) is 7.11 Å². The summed E-state index contributed by atoms with van der Waals surface area (Å²) >= 11 is 1.42. The van der Waals surface area contributed by atoms with Gasteiger partial charge in [-0.25, -0.2) is 4.68 Å². The summed E-state index contributed by atoms with van der Waals surface area (Å²) in [6, 6.07) is 17.4. The van der Waals surface area contributed by atoms with Crippen molar-refractivity contribution in [2.75, 3.05) is 12.5 Å². The molecule has 1 aliphatic heterocycles. The molecule has 0 bridgehead atoms. The van der Waals surface area contributed by atoms with Crippen LogP contribution in [0.25, 0.3) is 0 Å². The van der Waals surface area contributed by atoms with Crippen LogP contribution in [0.4, 0.5) is 0 Å². The summed E-state index contributed by atoms with van der Waals surface area (Å²) in [7, 11) is 1.64. The van der Waals surface area contributed by atoms with Gasteiger partial charge in [-0.3, -0.25) is 4.79 Å². The van der Waals surface area contributed by atoms with E-state index in [0.29, 0.717) is 11.7 Å². The minimum atomic E-state index is -0.381. The van der Waals surface area contributed by atoms with Gasteiger partial charge < -0.3 is 15.5 Å². The van der Waals surface area contributed by atoms with Crippen LogP contribution in [-0.4, -0.2) is 33.1 Å². The second-order valence-corrected chi connectivity index (χ2v) is 7.60. The van der Waals surface area contributed by atoms with E-state index >= 15 is 0 Å². The van der Waals surface area contributed by atoms with Gasteiger partial charge in [-0.1, -0.05) is 54.2 Å². The smallest absolute Gasteiger partial charge is 0.236 e. The lowest BCUT2D eigenvalue weighted by Crippen LogP contribution is -2.44. The van der Waals surface area contributed by atoms with Crippen molar-refractivity contribution < 1.29 is 9.53 Å². The van der Waals surface area contributed by atoms with Crippen LogP contribution in [-0.2, 0) is 11.3 Å². The molecule has 2 N–H and O–H groups in total. The van der Waals surface area contributed by atoms with Crippen molar-refractivity contribution in [3.05, 3.63) is 71.5 Å². The predicted molar refractivity (Wildman–Crippen MR) is 108 cm³/mol. The molecular weight excluding hydrogens is 374 g/mol. The van der Waals surface area contributed by atoms with E-state index in [1.807, 2.05) is 66.2 Å². The number of thioether (sulfide) groups is 1. The molecule has 0 saturated carbocycles. The van der Waals surface area contributed by atoms with E-state index in [2.05, 4.69) is 20.9 Å². The Morgan fingerprint density at radius 2 is 1.93 bits per heavy atom. The molecule has 0 aliphatic carbocycles. The molecule has 2 atom stereocenters. The molecule has 7 nitrogen and oxygen atoms in total. The third-order valence-electron chi connectivity index (χ3n) is 4.64. The Balaban J connectivity index is 1.58. The van der Waals surface area contributed by atoms with Crippen molar-refractivity contribution in [1.82, 2.24) is 20.2 Å². The van der Waals surface area contributed by atoms with Crippen LogP contribution < -0.4 is 15.5 Å². The number of benzene rings is 2. The fraction of sp³-hybridized carbons (Fsp3) is 0.250. The molecule has 2 heterocycles. The zero-order valence-corrected chi connectivity index (χ0v) is 16.4. The fourth-order valence-electron chi connectivity index (χ4n) is 3.11. The summed E-state index contributed by atoms with van der Waals surface area (Å²) in [5.74, 6) is 1.48. The zero-order valence-electron chi connectivity index (χ0n) is 15.6. The van der Waals surface area contributed by atoms with Crippen molar-refractivity contribution >= 4 is 17.7 Å². The summed E-state index contributed by atoms with van der Waals surface area (Å²) in [6.07, 6.45) is 0. The molecule has 1 amide bonds. The van der Waals surface area contributed by atoms with Crippen LogP contribution in [0.5, 0.6) is 5.75 Å². The molecule has 2 aromatic carbocycles. The van der Waals surface area contributed by atoms with Crippen molar-refractivity contribution in [2.45, 2.75) is 29.9 Å². The number of carbonyl (C=O) groups is 1. The minimum Gasteiger partial charge on any atom is -0.497 e. The van der Waals surface area contributed by atoms with Gasteiger partial charge in [0.1, 0.15) is 16.8 Å². The van der Waals surface area contributed by atoms with E-state index < -0.39 is 0 Å². The Morgan fingerprint density at radius 1 is 1.18 bits per heavy atom. The minimum absolute atomic E-state index is 0.0472. The van der Waals surface area contributed by atoms with Crippen LogP contribution in [0.1, 0.15) is 23.0 Å². The van der Waals surface area contributed by atoms with Gasteiger partial charge in [-0.05, 0) is 30.2 Å². The Hall–Kier alpha value is -3.00.